The standard InChI is InChI=1S/C12H27N3/c1-12(2,3)13-7-9-15-8-6-11(10-15)14(4)5/h11,13H,6-10H2,1-5H3. The molecule has 3 nitrogen and oxygen atoms in total. The second-order valence-corrected chi connectivity index (χ2v) is 5.88. The monoisotopic (exact) mass is 213 g/mol. The van der Waals surface area contributed by atoms with E-state index in [-0.39, 0.29) is 5.54 Å². The van der Waals surface area contributed by atoms with Crippen LogP contribution in [-0.2, 0) is 0 Å². The molecule has 0 aromatic carbocycles. The van der Waals surface area contributed by atoms with Crippen molar-refractivity contribution in [2.24, 2.45) is 0 Å². The normalized spacial score (nSPS) is 24.0. The molecule has 0 radical (unpaired) electrons. The Bertz CT molecular complexity index is 184. The van der Waals surface area contributed by atoms with Crippen molar-refractivity contribution in [1.82, 2.24) is 15.1 Å². The zero-order valence-corrected chi connectivity index (χ0v) is 11.0. The first-order valence-electron chi connectivity index (χ1n) is 6.02. The summed E-state index contributed by atoms with van der Waals surface area (Å²) < 4.78 is 0. The largest absolute Gasteiger partial charge is 0.311 e. The van der Waals surface area contributed by atoms with Gasteiger partial charge in [0.15, 0.2) is 0 Å². The molecule has 1 atom stereocenters. The van der Waals surface area contributed by atoms with Gasteiger partial charge in [0, 0.05) is 31.2 Å². The van der Waals surface area contributed by atoms with Crippen molar-refractivity contribution in [2.45, 2.75) is 38.8 Å². The Balaban J connectivity index is 2.14. The molecule has 0 spiro atoms. The van der Waals surface area contributed by atoms with Crippen molar-refractivity contribution in [3.63, 3.8) is 0 Å². The van der Waals surface area contributed by atoms with Crippen molar-refractivity contribution in [1.29, 1.82) is 0 Å². The molecule has 1 saturated heterocycles. The third kappa shape index (κ3) is 4.96. The second kappa shape index (κ2) is 5.28. The average Bonchev–Trinajstić information content (AvgIpc) is 2.50. The van der Waals surface area contributed by atoms with E-state index in [4.69, 9.17) is 0 Å². The van der Waals surface area contributed by atoms with Crippen molar-refractivity contribution < 1.29 is 0 Å². The van der Waals surface area contributed by atoms with Gasteiger partial charge in [-0.3, -0.25) is 0 Å². The van der Waals surface area contributed by atoms with Crippen LogP contribution in [0.4, 0.5) is 0 Å². The van der Waals surface area contributed by atoms with E-state index in [0.29, 0.717) is 0 Å². The molecule has 1 aliphatic heterocycles. The fourth-order valence-corrected chi connectivity index (χ4v) is 2.03. The van der Waals surface area contributed by atoms with Gasteiger partial charge in [-0.15, -0.1) is 0 Å². The molecular weight excluding hydrogens is 186 g/mol. The minimum Gasteiger partial charge on any atom is -0.311 e. The Hall–Kier alpha value is -0.120. The minimum atomic E-state index is 0.251. The first kappa shape index (κ1) is 12.9. The molecule has 1 heterocycles. The third-order valence-corrected chi connectivity index (χ3v) is 3.06. The lowest BCUT2D eigenvalue weighted by Crippen LogP contribution is -2.41. The van der Waals surface area contributed by atoms with Crippen LogP contribution in [0.3, 0.4) is 0 Å². The van der Waals surface area contributed by atoms with Gasteiger partial charge < -0.3 is 15.1 Å². The van der Waals surface area contributed by atoms with E-state index in [1.165, 1.54) is 26.1 Å². The van der Waals surface area contributed by atoms with E-state index in [9.17, 15) is 0 Å². The van der Waals surface area contributed by atoms with Crippen LogP contribution in [0.15, 0.2) is 0 Å². The molecule has 0 aromatic heterocycles. The van der Waals surface area contributed by atoms with Crippen molar-refractivity contribution in [2.75, 3.05) is 40.3 Å². The van der Waals surface area contributed by atoms with Gasteiger partial charge in [-0.1, -0.05) is 0 Å². The topological polar surface area (TPSA) is 18.5 Å². The molecule has 1 N–H and O–H groups in total. The molecule has 3 heteroatoms. The van der Waals surface area contributed by atoms with Crippen LogP contribution in [0.2, 0.25) is 0 Å². The first-order chi connectivity index (χ1) is 6.88. The smallest absolute Gasteiger partial charge is 0.0229 e. The summed E-state index contributed by atoms with van der Waals surface area (Å²) in [5.74, 6) is 0. The van der Waals surface area contributed by atoms with Gasteiger partial charge in [-0.25, -0.2) is 0 Å². The van der Waals surface area contributed by atoms with Gasteiger partial charge >= 0.3 is 0 Å². The summed E-state index contributed by atoms with van der Waals surface area (Å²) in [5.41, 5.74) is 0.251. The number of nitrogens with zero attached hydrogens (tertiary/aromatic N) is 2. The van der Waals surface area contributed by atoms with E-state index < -0.39 is 0 Å². The molecule has 0 aromatic rings. The van der Waals surface area contributed by atoms with E-state index in [1.807, 2.05) is 0 Å². The van der Waals surface area contributed by atoms with Gasteiger partial charge in [0.25, 0.3) is 0 Å². The summed E-state index contributed by atoms with van der Waals surface area (Å²) in [5, 5.41) is 3.54. The lowest BCUT2D eigenvalue weighted by Gasteiger charge is -2.24. The predicted octanol–water partition coefficient (Wildman–Crippen LogP) is 1.01. The summed E-state index contributed by atoms with van der Waals surface area (Å²) in [6.07, 6.45) is 1.32. The zero-order valence-electron chi connectivity index (χ0n) is 11.0. The van der Waals surface area contributed by atoms with Gasteiger partial charge in [0.2, 0.25) is 0 Å². The Morgan fingerprint density at radius 2 is 2.00 bits per heavy atom. The van der Waals surface area contributed by atoms with Crippen molar-refractivity contribution in [3.8, 4) is 0 Å². The fraction of sp³-hybridized carbons (Fsp3) is 1.00. The average molecular weight is 213 g/mol. The lowest BCUT2D eigenvalue weighted by atomic mass is 10.1. The molecule has 0 bridgehead atoms. The molecule has 0 amide bonds. The minimum absolute atomic E-state index is 0.251. The number of nitrogens with one attached hydrogen (secondary N) is 1. The highest BCUT2D eigenvalue weighted by Crippen LogP contribution is 2.12. The molecule has 1 unspecified atom stereocenters. The van der Waals surface area contributed by atoms with E-state index in [1.54, 1.807) is 0 Å². The van der Waals surface area contributed by atoms with Crippen LogP contribution < -0.4 is 5.32 Å². The highest BCUT2D eigenvalue weighted by Gasteiger charge is 2.23. The van der Waals surface area contributed by atoms with Crippen molar-refractivity contribution in [3.05, 3.63) is 0 Å². The number of rotatable bonds is 4. The lowest BCUT2D eigenvalue weighted by molar-refractivity contribution is 0.262. The molecular formula is C12H27N3. The van der Waals surface area contributed by atoms with Crippen LogP contribution in [-0.4, -0.2) is 61.7 Å². The maximum absolute atomic E-state index is 3.54. The highest BCUT2D eigenvalue weighted by atomic mass is 15.2. The maximum Gasteiger partial charge on any atom is 0.0229 e. The molecule has 0 saturated carbocycles. The highest BCUT2D eigenvalue weighted by molar-refractivity contribution is 4.81. The molecule has 1 rings (SSSR count). The number of hydrogen-bond acceptors (Lipinski definition) is 3. The number of likely N-dealkylation sites (N-methyl/N-ethyl adjacent to an activating group) is 1. The molecule has 0 aliphatic carbocycles. The fourth-order valence-electron chi connectivity index (χ4n) is 2.03. The summed E-state index contributed by atoms with van der Waals surface area (Å²) in [6, 6.07) is 0.764. The second-order valence-electron chi connectivity index (χ2n) is 5.88. The Morgan fingerprint density at radius 3 is 2.47 bits per heavy atom. The maximum atomic E-state index is 3.54. The van der Waals surface area contributed by atoms with Crippen LogP contribution in [0.5, 0.6) is 0 Å². The molecule has 15 heavy (non-hydrogen) atoms. The summed E-state index contributed by atoms with van der Waals surface area (Å²) in [6.45, 7) is 11.4. The zero-order chi connectivity index (χ0) is 11.5. The van der Waals surface area contributed by atoms with Gasteiger partial charge in [0.05, 0.1) is 0 Å². The quantitative estimate of drug-likeness (QED) is 0.752. The van der Waals surface area contributed by atoms with E-state index >= 15 is 0 Å². The Morgan fingerprint density at radius 1 is 1.33 bits per heavy atom. The number of hydrogen-bond donors (Lipinski definition) is 1. The third-order valence-electron chi connectivity index (χ3n) is 3.06. The molecule has 90 valence electrons. The van der Waals surface area contributed by atoms with Crippen LogP contribution in [0.25, 0.3) is 0 Å². The first-order valence-corrected chi connectivity index (χ1v) is 6.02. The van der Waals surface area contributed by atoms with Gasteiger partial charge in [-0.05, 0) is 47.8 Å². The summed E-state index contributed by atoms with van der Waals surface area (Å²) in [7, 11) is 4.36. The van der Waals surface area contributed by atoms with Crippen LogP contribution in [0, 0.1) is 0 Å². The summed E-state index contributed by atoms with van der Waals surface area (Å²) >= 11 is 0. The van der Waals surface area contributed by atoms with Crippen LogP contribution in [0.1, 0.15) is 27.2 Å². The SMILES string of the molecule is CN(C)C1CCN(CCNC(C)(C)C)C1. The number of likely N-dealkylation sites (tertiary alicyclic amines) is 1. The van der Waals surface area contributed by atoms with Crippen molar-refractivity contribution >= 4 is 0 Å². The Labute approximate surface area is 94.8 Å². The van der Waals surface area contributed by atoms with Gasteiger partial charge in [0.1, 0.15) is 0 Å². The van der Waals surface area contributed by atoms with Crippen LogP contribution >= 0.6 is 0 Å². The van der Waals surface area contributed by atoms with E-state index in [0.717, 1.165) is 12.6 Å². The van der Waals surface area contributed by atoms with E-state index in [2.05, 4.69) is 50.0 Å². The Kier molecular flexibility index (Phi) is 4.56. The summed E-state index contributed by atoms with van der Waals surface area (Å²) in [4.78, 5) is 4.90. The molecule has 1 fully saturated rings. The molecule has 1 aliphatic rings. The predicted molar refractivity (Wildman–Crippen MR) is 66.3 cm³/mol. The van der Waals surface area contributed by atoms with Gasteiger partial charge in [-0.2, -0.15) is 0 Å².